The van der Waals surface area contributed by atoms with E-state index in [-0.39, 0.29) is 18.4 Å². The largest absolute Gasteiger partial charge is 0.468 e. The molecule has 0 saturated carbocycles. The van der Waals surface area contributed by atoms with Crippen LogP contribution in [0.15, 0.2) is 70.3 Å². The first kappa shape index (κ1) is 19.2. The number of carbonyl (C=O) groups is 2. The molecule has 0 bridgehead atoms. The van der Waals surface area contributed by atoms with Gasteiger partial charge in [0.15, 0.2) is 0 Å². The molecule has 2 aromatic heterocycles. The number of benzene rings is 1. The van der Waals surface area contributed by atoms with Gasteiger partial charge in [-0.2, -0.15) is 0 Å². The van der Waals surface area contributed by atoms with E-state index in [1.165, 1.54) is 16.7 Å². The number of aryl methyl sites for hydroxylation is 2. The molecule has 0 aliphatic carbocycles. The van der Waals surface area contributed by atoms with Crippen LogP contribution in [0.3, 0.4) is 0 Å². The highest BCUT2D eigenvalue weighted by Crippen LogP contribution is 2.39. The monoisotopic (exact) mass is 404 g/mol. The number of carbonyl (C=O) groups excluding carboxylic acids is 2. The number of furan rings is 1. The molecule has 1 aromatic carbocycles. The number of amides is 2. The lowest BCUT2D eigenvalue weighted by molar-refractivity contribution is -0.137. The quantitative estimate of drug-likeness (QED) is 0.566. The van der Waals surface area contributed by atoms with Gasteiger partial charge in [-0.3, -0.25) is 19.5 Å². The molecule has 5 nitrogen and oxygen atoms in total. The van der Waals surface area contributed by atoms with Crippen LogP contribution in [0.5, 0.6) is 0 Å². The molecule has 0 fully saturated rings. The molecule has 29 heavy (non-hydrogen) atoms. The van der Waals surface area contributed by atoms with Crippen LogP contribution in [-0.2, 0) is 21.9 Å². The maximum atomic E-state index is 13.3. The Morgan fingerprint density at radius 3 is 2.59 bits per heavy atom. The molecular weight excluding hydrogens is 384 g/mol. The van der Waals surface area contributed by atoms with Crippen LogP contribution in [0.4, 0.5) is 0 Å². The predicted molar refractivity (Wildman–Crippen MR) is 113 cm³/mol. The highest BCUT2D eigenvalue weighted by molar-refractivity contribution is 8.03. The van der Waals surface area contributed by atoms with Gasteiger partial charge in [0, 0.05) is 6.20 Å². The summed E-state index contributed by atoms with van der Waals surface area (Å²) in [6.07, 6.45) is 3.26. The minimum atomic E-state index is -0.285. The fourth-order valence-electron chi connectivity index (χ4n) is 3.35. The summed E-state index contributed by atoms with van der Waals surface area (Å²) in [6, 6.07) is 15.0. The van der Waals surface area contributed by atoms with Crippen molar-refractivity contribution in [3.05, 3.63) is 94.0 Å². The highest BCUT2D eigenvalue weighted by atomic mass is 32.2. The van der Waals surface area contributed by atoms with Crippen LogP contribution in [0.1, 0.15) is 28.1 Å². The second-order valence-corrected chi connectivity index (χ2v) is 7.89. The van der Waals surface area contributed by atoms with Gasteiger partial charge in [-0.05, 0) is 49.2 Å². The second-order valence-electron chi connectivity index (χ2n) is 6.91. The molecule has 6 heteroatoms. The summed E-state index contributed by atoms with van der Waals surface area (Å²) in [7, 11) is 0. The lowest BCUT2D eigenvalue weighted by atomic mass is 9.99. The Morgan fingerprint density at radius 1 is 1.03 bits per heavy atom. The SMILES string of the molecule is Cc1ccc(C2=C(SCc3ccco3)C(=O)N(Cc3ccccn3)C2=O)c(C)c1. The molecule has 3 heterocycles. The summed E-state index contributed by atoms with van der Waals surface area (Å²) in [5.74, 6) is 0.667. The van der Waals surface area contributed by atoms with E-state index in [1.54, 1.807) is 18.5 Å². The molecule has 0 saturated heterocycles. The first-order valence-corrected chi connectivity index (χ1v) is 10.3. The summed E-state index contributed by atoms with van der Waals surface area (Å²) in [5, 5.41) is 0. The Hall–Kier alpha value is -3.12. The van der Waals surface area contributed by atoms with Crippen molar-refractivity contribution in [2.45, 2.75) is 26.1 Å². The van der Waals surface area contributed by atoms with E-state index in [0.717, 1.165) is 22.5 Å². The van der Waals surface area contributed by atoms with Crippen molar-refractivity contribution in [1.29, 1.82) is 0 Å². The number of pyridine rings is 1. The van der Waals surface area contributed by atoms with E-state index in [2.05, 4.69) is 4.98 Å². The molecule has 3 aromatic rings. The summed E-state index contributed by atoms with van der Waals surface area (Å²) in [6.45, 7) is 4.12. The van der Waals surface area contributed by atoms with Crippen LogP contribution in [-0.4, -0.2) is 21.7 Å². The molecule has 4 rings (SSSR count). The molecule has 0 unspecified atom stereocenters. The number of hydrogen-bond acceptors (Lipinski definition) is 5. The number of nitrogens with zero attached hydrogens (tertiary/aromatic N) is 2. The molecular formula is C23H20N2O3S. The minimum absolute atomic E-state index is 0.151. The number of hydrogen-bond donors (Lipinski definition) is 0. The van der Waals surface area contributed by atoms with Gasteiger partial charge >= 0.3 is 0 Å². The van der Waals surface area contributed by atoms with Gasteiger partial charge in [0.1, 0.15) is 5.76 Å². The van der Waals surface area contributed by atoms with Gasteiger partial charge in [-0.1, -0.05) is 29.8 Å². The van der Waals surface area contributed by atoms with Crippen molar-refractivity contribution in [2.24, 2.45) is 0 Å². The third-order valence-electron chi connectivity index (χ3n) is 4.76. The molecule has 1 aliphatic heterocycles. The molecule has 1 aliphatic rings. The molecule has 2 amide bonds. The number of aromatic nitrogens is 1. The van der Waals surface area contributed by atoms with Crippen LogP contribution in [0, 0.1) is 13.8 Å². The summed E-state index contributed by atoms with van der Waals surface area (Å²) in [4.78, 5) is 32.5. The normalized spacial score (nSPS) is 14.2. The Bertz CT molecular complexity index is 1090. The van der Waals surface area contributed by atoms with E-state index >= 15 is 0 Å². The van der Waals surface area contributed by atoms with E-state index in [4.69, 9.17) is 4.42 Å². The predicted octanol–water partition coefficient (Wildman–Crippen LogP) is 4.50. The number of thioether (sulfide) groups is 1. The zero-order chi connectivity index (χ0) is 20.4. The smallest absolute Gasteiger partial charge is 0.268 e. The van der Waals surface area contributed by atoms with Crippen LogP contribution < -0.4 is 0 Å². The zero-order valence-corrected chi connectivity index (χ0v) is 17.0. The van der Waals surface area contributed by atoms with Crippen LogP contribution >= 0.6 is 11.8 Å². The molecule has 146 valence electrons. The zero-order valence-electron chi connectivity index (χ0n) is 16.2. The Kier molecular flexibility index (Phi) is 5.36. The second kappa shape index (κ2) is 8.09. The third kappa shape index (κ3) is 3.89. The van der Waals surface area contributed by atoms with Gasteiger partial charge in [0.2, 0.25) is 0 Å². The molecule has 0 N–H and O–H groups in total. The van der Waals surface area contributed by atoms with E-state index < -0.39 is 0 Å². The van der Waals surface area contributed by atoms with Gasteiger partial charge in [0.05, 0.1) is 34.7 Å². The fourth-order valence-corrected chi connectivity index (χ4v) is 4.38. The lowest BCUT2D eigenvalue weighted by Crippen LogP contribution is -2.31. The number of imide groups is 1. The average molecular weight is 404 g/mol. The lowest BCUT2D eigenvalue weighted by Gasteiger charge is -2.15. The topological polar surface area (TPSA) is 63.4 Å². The third-order valence-corrected chi connectivity index (χ3v) is 5.86. The van der Waals surface area contributed by atoms with Crippen LogP contribution in [0.2, 0.25) is 0 Å². The first-order valence-electron chi connectivity index (χ1n) is 9.28. The Labute approximate surface area is 173 Å². The standard InChI is InChI=1S/C23H20N2O3S/c1-15-8-9-19(16(2)12-15)20-21(29-14-18-7-5-11-28-18)23(27)25(22(20)26)13-17-6-3-4-10-24-17/h3-12H,13-14H2,1-2H3. The maximum absolute atomic E-state index is 13.3. The van der Waals surface area contributed by atoms with Crippen molar-refractivity contribution in [3.8, 4) is 0 Å². The van der Waals surface area contributed by atoms with Crippen molar-refractivity contribution in [2.75, 3.05) is 0 Å². The highest BCUT2D eigenvalue weighted by Gasteiger charge is 2.39. The Balaban J connectivity index is 1.71. The fraction of sp³-hybridized carbons (Fsp3) is 0.174. The molecule has 0 radical (unpaired) electrons. The van der Waals surface area contributed by atoms with E-state index in [1.807, 2.05) is 56.3 Å². The maximum Gasteiger partial charge on any atom is 0.268 e. The van der Waals surface area contributed by atoms with Gasteiger partial charge in [-0.15, -0.1) is 11.8 Å². The van der Waals surface area contributed by atoms with E-state index in [9.17, 15) is 9.59 Å². The van der Waals surface area contributed by atoms with E-state index in [0.29, 0.717) is 21.9 Å². The Morgan fingerprint density at radius 2 is 1.90 bits per heavy atom. The van der Waals surface area contributed by atoms with Crippen LogP contribution in [0.25, 0.3) is 5.57 Å². The van der Waals surface area contributed by atoms with Gasteiger partial charge in [-0.25, -0.2) is 0 Å². The van der Waals surface area contributed by atoms with Crippen molar-refractivity contribution >= 4 is 29.1 Å². The molecule has 0 spiro atoms. The van der Waals surface area contributed by atoms with Gasteiger partial charge < -0.3 is 4.42 Å². The molecule has 0 atom stereocenters. The number of rotatable bonds is 6. The first-order chi connectivity index (χ1) is 14.0. The average Bonchev–Trinajstić information content (AvgIpc) is 3.30. The van der Waals surface area contributed by atoms with Crippen molar-refractivity contribution < 1.29 is 14.0 Å². The summed E-state index contributed by atoms with van der Waals surface area (Å²) < 4.78 is 5.40. The van der Waals surface area contributed by atoms with Gasteiger partial charge in [0.25, 0.3) is 11.8 Å². The van der Waals surface area contributed by atoms with Crippen molar-refractivity contribution in [1.82, 2.24) is 9.88 Å². The summed E-state index contributed by atoms with van der Waals surface area (Å²) >= 11 is 1.34. The van der Waals surface area contributed by atoms with Crippen molar-refractivity contribution in [3.63, 3.8) is 0 Å². The summed E-state index contributed by atoms with van der Waals surface area (Å²) in [5.41, 5.74) is 4.00. The minimum Gasteiger partial charge on any atom is -0.468 e.